The van der Waals surface area contributed by atoms with E-state index in [1.807, 2.05) is 6.07 Å². The minimum Gasteiger partial charge on any atom is -0.504 e. The van der Waals surface area contributed by atoms with Crippen molar-refractivity contribution in [2.75, 3.05) is 20.8 Å². The van der Waals surface area contributed by atoms with E-state index in [1.54, 1.807) is 42.8 Å². The van der Waals surface area contributed by atoms with E-state index in [1.165, 1.54) is 14.2 Å². The molecule has 0 unspecified atom stereocenters. The molecule has 6 nitrogen and oxygen atoms in total. The minimum atomic E-state index is 0.0855. The van der Waals surface area contributed by atoms with Crippen molar-refractivity contribution >= 4 is 12.4 Å². The Balaban J connectivity index is 1.96. The zero-order valence-corrected chi connectivity index (χ0v) is 15.9. The van der Waals surface area contributed by atoms with Crippen molar-refractivity contribution < 1.29 is 19.7 Å². The summed E-state index contributed by atoms with van der Waals surface area (Å²) in [6.45, 7) is 2.64. The smallest absolute Gasteiger partial charge is 0.166 e. The van der Waals surface area contributed by atoms with Gasteiger partial charge in [-0.25, -0.2) is 0 Å². The number of methoxy groups -OCH3 is 2. The molecule has 6 heteroatoms. The monoisotopic (exact) mass is 370 g/mol. The minimum absolute atomic E-state index is 0.0855. The zero-order chi connectivity index (χ0) is 19.6. The fourth-order valence-electron chi connectivity index (χ4n) is 2.57. The van der Waals surface area contributed by atoms with Crippen LogP contribution < -0.4 is 9.47 Å². The number of para-hydroxylation sites is 2. The van der Waals surface area contributed by atoms with Gasteiger partial charge in [-0.2, -0.15) is 0 Å². The van der Waals surface area contributed by atoms with Crippen LogP contribution in [0, 0.1) is 0 Å². The highest BCUT2D eigenvalue weighted by Crippen LogP contribution is 2.29. The SMILES string of the molecule is CC[C@H](CCN=Cc1cccc(OC)c1O)N=Cc1cccc(OC)c1O. The molecule has 2 aromatic carbocycles. The molecule has 2 rings (SSSR count). The van der Waals surface area contributed by atoms with Crippen molar-refractivity contribution in [3.8, 4) is 23.0 Å². The second-order valence-electron chi connectivity index (χ2n) is 5.96. The molecule has 0 aromatic heterocycles. The Labute approximate surface area is 159 Å². The second-order valence-corrected chi connectivity index (χ2v) is 5.96. The number of hydrogen-bond donors (Lipinski definition) is 2. The van der Waals surface area contributed by atoms with Crippen LogP contribution >= 0.6 is 0 Å². The van der Waals surface area contributed by atoms with Crippen molar-refractivity contribution in [2.24, 2.45) is 9.98 Å². The van der Waals surface area contributed by atoms with Gasteiger partial charge in [0.15, 0.2) is 23.0 Å². The van der Waals surface area contributed by atoms with Crippen LogP contribution in [-0.2, 0) is 0 Å². The number of aromatic hydroxyl groups is 2. The molecular weight excluding hydrogens is 344 g/mol. The van der Waals surface area contributed by atoms with E-state index in [4.69, 9.17) is 9.47 Å². The Morgan fingerprint density at radius 3 is 2.00 bits per heavy atom. The fraction of sp³-hybridized carbons (Fsp3) is 0.333. The first-order valence-corrected chi connectivity index (χ1v) is 8.85. The lowest BCUT2D eigenvalue weighted by Crippen LogP contribution is -2.05. The maximum Gasteiger partial charge on any atom is 0.166 e. The van der Waals surface area contributed by atoms with Crippen molar-refractivity contribution in [1.82, 2.24) is 0 Å². The van der Waals surface area contributed by atoms with Gasteiger partial charge in [-0.05, 0) is 37.1 Å². The van der Waals surface area contributed by atoms with E-state index in [0.29, 0.717) is 29.2 Å². The summed E-state index contributed by atoms with van der Waals surface area (Å²) in [6, 6.07) is 10.7. The summed E-state index contributed by atoms with van der Waals surface area (Å²) in [4.78, 5) is 8.94. The number of rotatable bonds is 9. The molecule has 1 atom stereocenters. The van der Waals surface area contributed by atoms with Crippen LogP contribution in [0.15, 0.2) is 46.4 Å². The summed E-state index contributed by atoms with van der Waals surface area (Å²) in [7, 11) is 3.03. The first-order valence-electron chi connectivity index (χ1n) is 8.85. The van der Waals surface area contributed by atoms with Crippen LogP contribution in [0.5, 0.6) is 23.0 Å². The number of nitrogens with zero attached hydrogens (tertiary/aromatic N) is 2. The molecule has 0 fully saturated rings. The third-order valence-electron chi connectivity index (χ3n) is 4.22. The molecular formula is C21H26N2O4. The van der Waals surface area contributed by atoms with Gasteiger partial charge in [0, 0.05) is 30.1 Å². The molecule has 2 aromatic rings. The quantitative estimate of drug-likeness (QED) is 0.657. The highest BCUT2D eigenvalue weighted by atomic mass is 16.5. The molecule has 0 amide bonds. The number of phenols is 2. The van der Waals surface area contributed by atoms with Gasteiger partial charge in [0.05, 0.1) is 20.3 Å². The van der Waals surface area contributed by atoms with Gasteiger partial charge in [0.25, 0.3) is 0 Å². The summed E-state index contributed by atoms with van der Waals surface area (Å²) < 4.78 is 10.2. The summed E-state index contributed by atoms with van der Waals surface area (Å²) >= 11 is 0. The van der Waals surface area contributed by atoms with E-state index in [-0.39, 0.29) is 17.5 Å². The van der Waals surface area contributed by atoms with E-state index in [2.05, 4.69) is 16.9 Å². The molecule has 0 heterocycles. The van der Waals surface area contributed by atoms with Crippen LogP contribution in [0.3, 0.4) is 0 Å². The van der Waals surface area contributed by atoms with Crippen LogP contribution in [0.4, 0.5) is 0 Å². The maximum atomic E-state index is 10.1. The Morgan fingerprint density at radius 1 is 0.926 bits per heavy atom. The number of ether oxygens (including phenoxy) is 2. The second kappa shape index (κ2) is 10.2. The first-order chi connectivity index (χ1) is 13.1. The Morgan fingerprint density at radius 2 is 1.48 bits per heavy atom. The van der Waals surface area contributed by atoms with Crippen LogP contribution in [0.25, 0.3) is 0 Å². The highest BCUT2D eigenvalue weighted by Gasteiger charge is 2.07. The number of hydrogen-bond acceptors (Lipinski definition) is 6. The van der Waals surface area contributed by atoms with Gasteiger partial charge < -0.3 is 19.7 Å². The molecule has 0 radical (unpaired) electrons. The average Bonchev–Trinajstić information content (AvgIpc) is 2.69. The van der Waals surface area contributed by atoms with Crippen LogP contribution in [0.1, 0.15) is 30.9 Å². The number of phenolic OH excluding ortho intramolecular Hbond substituents is 2. The molecule has 27 heavy (non-hydrogen) atoms. The molecule has 0 bridgehead atoms. The molecule has 0 saturated carbocycles. The first kappa shape index (κ1) is 20.3. The molecule has 2 N–H and O–H groups in total. The van der Waals surface area contributed by atoms with E-state index < -0.39 is 0 Å². The molecule has 0 spiro atoms. The lowest BCUT2D eigenvalue weighted by molar-refractivity contribution is 0.373. The lowest BCUT2D eigenvalue weighted by Gasteiger charge is -2.09. The molecule has 0 aliphatic heterocycles. The lowest BCUT2D eigenvalue weighted by atomic mass is 10.1. The van der Waals surface area contributed by atoms with E-state index in [9.17, 15) is 10.2 Å². The third-order valence-corrected chi connectivity index (χ3v) is 4.22. The van der Waals surface area contributed by atoms with Crippen LogP contribution in [0.2, 0.25) is 0 Å². The Bertz CT molecular complexity index is 803. The fourth-order valence-corrected chi connectivity index (χ4v) is 2.57. The van der Waals surface area contributed by atoms with Crippen molar-refractivity contribution in [1.29, 1.82) is 0 Å². The normalized spacial score (nSPS) is 12.6. The summed E-state index contributed by atoms with van der Waals surface area (Å²) in [5, 5.41) is 20.2. The third kappa shape index (κ3) is 5.48. The number of aliphatic imine (C=N–C) groups is 2. The van der Waals surface area contributed by atoms with Gasteiger partial charge >= 0.3 is 0 Å². The summed E-state index contributed by atoms with van der Waals surface area (Å²) in [6.07, 6.45) is 4.94. The van der Waals surface area contributed by atoms with Crippen molar-refractivity contribution in [3.63, 3.8) is 0 Å². The predicted molar refractivity (Wildman–Crippen MR) is 108 cm³/mol. The van der Waals surface area contributed by atoms with Crippen molar-refractivity contribution in [2.45, 2.75) is 25.8 Å². The predicted octanol–water partition coefficient (Wildman–Crippen LogP) is 3.82. The molecule has 0 aliphatic carbocycles. The molecule has 0 aliphatic rings. The van der Waals surface area contributed by atoms with Gasteiger partial charge in [-0.3, -0.25) is 9.98 Å². The van der Waals surface area contributed by atoms with Gasteiger partial charge in [-0.15, -0.1) is 0 Å². The largest absolute Gasteiger partial charge is 0.504 e. The van der Waals surface area contributed by atoms with Gasteiger partial charge in [0.2, 0.25) is 0 Å². The summed E-state index contributed by atoms with van der Waals surface area (Å²) in [5.74, 6) is 1.02. The zero-order valence-electron chi connectivity index (χ0n) is 15.9. The number of benzene rings is 2. The van der Waals surface area contributed by atoms with E-state index >= 15 is 0 Å². The Hall–Kier alpha value is -3.02. The Kier molecular flexibility index (Phi) is 7.67. The average molecular weight is 370 g/mol. The molecule has 0 saturated heterocycles. The van der Waals surface area contributed by atoms with Gasteiger partial charge in [0.1, 0.15) is 0 Å². The topological polar surface area (TPSA) is 83.6 Å². The van der Waals surface area contributed by atoms with Gasteiger partial charge in [-0.1, -0.05) is 19.1 Å². The maximum absolute atomic E-state index is 10.1. The summed E-state index contributed by atoms with van der Waals surface area (Å²) in [5.41, 5.74) is 1.24. The standard InChI is InChI=1S/C21H26N2O4/c1-4-17(23-14-16-8-6-10-19(27-3)21(16)25)11-12-22-13-15-7-5-9-18(26-2)20(15)24/h5-10,13-14,17,24-25H,4,11-12H2,1-3H3/t17-/m1/s1. The molecule has 144 valence electrons. The van der Waals surface area contributed by atoms with Crippen LogP contribution in [-0.4, -0.2) is 49.4 Å². The van der Waals surface area contributed by atoms with Crippen molar-refractivity contribution in [3.05, 3.63) is 47.5 Å². The highest BCUT2D eigenvalue weighted by molar-refractivity contribution is 5.85. The van der Waals surface area contributed by atoms with E-state index in [0.717, 1.165) is 12.8 Å².